The summed E-state index contributed by atoms with van der Waals surface area (Å²) in [5, 5.41) is 0. The Bertz CT molecular complexity index is 640. The molecule has 0 saturated carbocycles. The van der Waals surface area contributed by atoms with Crippen molar-refractivity contribution in [3.8, 4) is 11.5 Å². The topological polar surface area (TPSA) is 44.5 Å². The molecule has 0 aliphatic heterocycles. The molecule has 0 aliphatic rings. The van der Waals surface area contributed by atoms with Gasteiger partial charge < -0.3 is 15.2 Å². The smallest absolute Gasteiger partial charge is 0.161 e. The molecule has 4 heteroatoms. The first kappa shape index (κ1) is 15.3. The predicted octanol–water partition coefficient (Wildman–Crippen LogP) is 3.47. The zero-order chi connectivity index (χ0) is 15.2. The van der Waals surface area contributed by atoms with Gasteiger partial charge in [0.15, 0.2) is 11.5 Å². The average Bonchev–Trinajstić information content (AvgIpc) is 2.53. The summed E-state index contributed by atoms with van der Waals surface area (Å²) in [7, 11) is 1.65. The largest absolute Gasteiger partial charge is 0.493 e. The Morgan fingerprint density at radius 1 is 1.10 bits per heavy atom. The Hall–Kier alpha value is -2.07. The number of thiocarbonyl (C=S) groups is 1. The van der Waals surface area contributed by atoms with Crippen molar-refractivity contribution in [2.24, 2.45) is 5.73 Å². The normalized spacial score (nSPS) is 10.2. The zero-order valence-corrected chi connectivity index (χ0v) is 13.1. The molecule has 2 aromatic carbocycles. The van der Waals surface area contributed by atoms with E-state index in [-0.39, 0.29) is 0 Å². The molecular weight excluding hydrogens is 282 g/mol. The van der Waals surface area contributed by atoms with Gasteiger partial charge in [-0.15, -0.1) is 0 Å². The maximum Gasteiger partial charge on any atom is 0.161 e. The van der Waals surface area contributed by atoms with Crippen LogP contribution in [-0.4, -0.2) is 12.1 Å². The Morgan fingerprint density at radius 3 is 2.57 bits per heavy atom. The molecule has 0 radical (unpaired) electrons. The minimum absolute atomic E-state index is 0.390. The van der Waals surface area contributed by atoms with Gasteiger partial charge in [0.05, 0.1) is 7.11 Å². The molecule has 21 heavy (non-hydrogen) atoms. The van der Waals surface area contributed by atoms with E-state index in [1.54, 1.807) is 7.11 Å². The molecule has 0 amide bonds. The fraction of sp³-hybridized carbons (Fsp3) is 0.235. The first-order valence-corrected chi connectivity index (χ1v) is 7.23. The van der Waals surface area contributed by atoms with E-state index in [2.05, 4.69) is 6.92 Å². The number of ether oxygens (including phenoxy) is 2. The van der Waals surface area contributed by atoms with Crippen LogP contribution in [0.2, 0.25) is 0 Å². The minimum Gasteiger partial charge on any atom is -0.493 e. The summed E-state index contributed by atoms with van der Waals surface area (Å²) >= 11 is 4.98. The van der Waals surface area contributed by atoms with Gasteiger partial charge in [-0.3, -0.25) is 0 Å². The van der Waals surface area contributed by atoms with Crippen molar-refractivity contribution in [2.75, 3.05) is 7.11 Å². The highest BCUT2D eigenvalue weighted by molar-refractivity contribution is 7.80. The van der Waals surface area contributed by atoms with Gasteiger partial charge in [0.2, 0.25) is 0 Å². The quantitative estimate of drug-likeness (QED) is 0.830. The van der Waals surface area contributed by atoms with E-state index in [9.17, 15) is 0 Å². The first-order valence-electron chi connectivity index (χ1n) is 6.82. The number of benzene rings is 2. The van der Waals surface area contributed by atoms with Crippen molar-refractivity contribution in [1.82, 2.24) is 0 Å². The number of rotatable bonds is 6. The number of methoxy groups -OCH3 is 1. The molecule has 2 aromatic rings. The molecule has 0 aromatic heterocycles. The fourth-order valence-electron chi connectivity index (χ4n) is 2.03. The molecule has 0 fully saturated rings. The third kappa shape index (κ3) is 3.95. The lowest BCUT2D eigenvalue weighted by Crippen LogP contribution is -2.09. The van der Waals surface area contributed by atoms with Crippen LogP contribution >= 0.6 is 12.2 Å². The van der Waals surface area contributed by atoms with E-state index in [4.69, 9.17) is 27.4 Å². The van der Waals surface area contributed by atoms with Crippen molar-refractivity contribution in [3.05, 3.63) is 59.2 Å². The third-order valence-corrected chi connectivity index (χ3v) is 3.48. The highest BCUT2D eigenvalue weighted by Gasteiger charge is 2.06. The van der Waals surface area contributed by atoms with Gasteiger partial charge in [-0.1, -0.05) is 43.4 Å². The molecule has 110 valence electrons. The SMILES string of the molecule is CCc1ccc(OCc2cccc(C(N)=S)c2)c(OC)c1. The van der Waals surface area contributed by atoms with E-state index in [0.717, 1.165) is 29.0 Å². The van der Waals surface area contributed by atoms with Crippen molar-refractivity contribution in [2.45, 2.75) is 20.0 Å². The second-order valence-electron chi connectivity index (χ2n) is 4.69. The van der Waals surface area contributed by atoms with Gasteiger partial charge in [0.1, 0.15) is 11.6 Å². The van der Waals surface area contributed by atoms with E-state index in [1.807, 2.05) is 42.5 Å². The van der Waals surface area contributed by atoms with Crippen LogP contribution in [-0.2, 0) is 13.0 Å². The first-order chi connectivity index (χ1) is 10.1. The standard InChI is InChI=1S/C17H19NO2S/c1-3-12-7-8-15(16(10-12)19-2)20-11-13-5-4-6-14(9-13)17(18)21/h4-10H,3,11H2,1-2H3,(H2,18,21). The number of hydrogen-bond acceptors (Lipinski definition) is 3. The molecule has 0 aliphatic carbocycles. The minimum atomic E-state index is 0.390. The maximum atomic E-state index is 5.84. The van der Waals surface area contributed by atoms with Gasteiger partial charge in [0.25, 0.3) is 0 Å². The van der Waals surface area contributed by atoms with Crippen LogP contribution in [0, 0.1) is 0 Å². The lowest BCUT2D eigenvalue weighted by atomic mass is 10.1. The highest BCUT2D eigenvalue weighted by atomic mass is 32.1. The van der Waals surface area contributed by atoms with Crippen molar-refractivity contribution in [1.29, 1.82) is 0 Å². The predicted molar refractivity (Wildman–Crippen MR) is 89.0 cm³/mol. The van der Waals surface area contributed by atoms with E-state index < -0.39 is 0 Å². The van der Waals surface area contributed by atoms with Crippen molar-refractivity contribution >= 4 is 17.2 Å². The lowest BCUT2D eigenvalue weighted by molar-refractivity contribution is 0.284. The summed E-state index contributed by atoms with van der Waals surface area (Å²) in [6.45, 7) is 2.55. The van der Waals surface area contributed by atoms with Gasteiger partial charge in [-0.05, 0) is 35.7 Å². The molecule has 2 N–H and O–H groups in total. The second kappa shape index (κ2) is 7.09. The molecule has 2 rings (SSSR count). The Labute approximate surface area is 130 Å². The third-order valence-electron chi connectivity index (χ3n) is 3.24. The Kier molecular flexibility index (Phi) is 5.17. The number of nitrogens with two attached hydrogens (primary N) is 1. The number of hydrogen-bond donors (Lipinski definition) is 1. The van der Waals surface area contributed by atoms with Crippen LogP contribution in [0.4, 0.5) is 0 Å². The van der Waals surface area contributed by atoms with Gasteiger partial charge in [0, 0.05) is 5.56 Å². The summed E-state index contributed by atoms with van der Waals surface area (Å²) < 4.78 is 11.2. The summed E-state index contributed by atoms with van der Waals surface area (Å²) in [5.41, 5.74) is 8.72. The molecule has 0 heterocycles. The summed E-state index contributed by atoms with van der Waals surface area (Å²) in [6, 6.07) is 13.7. The summed E-state index contributed by atoms with van der Waals surface area (Å²) in [4.78, 5) is 0.390. The second-order valence-corrected chi connectivity index (χ2v) is 5.13. The van der Waals surface area contributed by atoms with Crippen LogP contribution in [0.15, 0.2) is 42.5 Å². The van der Waals surface area contributed by atoms with Gasteiger partial charge >= 0.3 is 0 Å². The van der Waals surface area contributed by atoms with Crippen LogP contribution in [0.5, 0.6) is 11.5 Å². The molecule has 0 unspecified atom stereocenters. The summed E-state index contributed by atoms with van der Waals surface area (Å²) in [5.74, 6) is 1.48. The average molecular weight is 301 g/mol. The van der Waals surface area contributed by atoms with Crippen LogP contribution < -0.4 is 15.2 Å². The highest BCUT2D eigenvalue weighted by Crippen LogP contribution is 2.29. The zero-order valence-electron chi connectivity index (χ0n) is 12.3. The maximum absolute atomic E-state index is 5.84. The van der Waals surface area contributed by atoms with Crippen LogP contribution in [0.25, 0.3) is 0 Å². The Balaban J connectivity index is 2.12. The van der Waals surface area contributed by atoms with Crippen LogP contribution in [0.3, 0.4) is 0 Å². The van der Waals surface area contributed by atoms with Crippen LogP contribution in [0.1, 0.15) is 23.6 Å². The fourth-order valence-corrected chi connectivity index (χ4v) is 2.15. The van der Waals surface area contributed by atoms with E-state index in [0.29, 0.717) is 11.6 Å². The lowest BCUT2D eigenvalue weighted by Gasteiger charge is -2.12. The molecule has 3 nitrogen and oxygen atoms in total. The van der Waals surface area contributed by atoms with Crippen molar-refractivity contribution in [3.63, 3.8) is 0 Å². The number of aryl methyl sites for hydroxylation is 1. The molecular formula is C17H19NO2S. The molecule has 0 bridgehead atoms. The Morgan fingerprint density at radius 2 is 1.90 bits per heavy atom. The molecule has 0 saturated heterocycles. The monoisotopic (exact) mass is 301 g/mol. The van der Waals surface area contributed by atoms with E-state index in [1.165, 1.54) is 5.56 Å². The van der Waals surface area contributed by atoms with E-state index >= 15 is 0 Å². The molecule has 0 atom stereocenters. The molecule has 0 spiro atoms. The van der Waals surface area contributed by atoms with Gasteiger partial charge in [-0.2, -0.15) is 0 Å². The van der Waals surface area contributed by atoms with Crippen molar-refractivity contribution < 1.29 is 9.47 Å². The summed E-state index contributed by atoms with van der Waals surface area (Å²) in [6.07, 6.45) is 0.965. The van der Waals surface area contributed by atoms with Gasteiger partial charge in [-0.25, -0.2) is 0 Å².